The van der Waals surface area contributed by atoms with Crippen LogP contribution in [0.15, 0.2) is 12.1 Å². The van der Waals surface area contributed by atoms with Gasteiger partial charge < -0.3 is 10.4 Å². The van der Waals surface area contributed by atoms with E-state index in [0.717, 1.165) is 17.2 Å². The normalized spacial score (nSPS) is 14.1. The zero-order valence-electron chi connectivity index (χ0n) is 10.1. The van der Waals surface area contributed by atoms with Crippen molar-refractivity contribution in [3.05, 3.63) is 21.3 Å². The molecule has 4 heteroatoms. The second kappa shape index (κ2) is 6.01. The third kappa shape index (κ3) is 4.06. The third-order valence-corrected chi connectivity index (χ3v) is 3.99. The van der Waals surface area contributed by atoms with Crippen molar-refractivity contribution in [2.75, 3.05) is 6.61 Å². The molecule has 0 aliphatic heterocycles. The zero-order valence-corrected chi connectivity index (χ0v) is 11.7. The van der Waals surface area contributed by atoms with Gasteiger partial charge in [0.2, 0.25) is 0 Å². The minimum Gasteiger partial charge on any atom is -0.396 e. The molecule has 16 heavy (non-hydrogen) atoms. The molecule has 2 nitrogen and oxygen atoms in total. The van der Waals surface area contributed by atoms with Gasteiger partial charge in [0.1, 0.15) is 0 Å². The van der Waals surface area contributed by atoms with Crippen molar-refractivity contribution >= 4 is 22.9 Å². The van der Waals surface area contributed by atoms with Gasteiger partial charge in [-0.05, 0) is 38.8 Å². The first-order chi connectivity index (χ1) is 7.48. The molecule has 0 amide bonds. The molecule has 0 bridgehead atoms. The summed E-state index contributed by atoms with van der Waals surface area (Å²) in [6, 6.07) is 4.33. The lowest BCUT2D eigenvalue weighted by Crippen LogP contribution is -2.42. The summed E-state index contributed by atoms with van der Waals surface area (Å²) in [5, 5.41) is 12.6. The second-order valence-electron chi connectivity index (χ2n) is 4.60. The molecule has 1 aromatic heterocycles. The molecule has 92 valence electrons. The molecule has 2 N–H and O–H groups in total. The van der Waals surface area contributed by atoms with Crippen LogP contribution >= 0.6 is 22.9 Å². The number of rotatable bonds is 6. The van der Waals surface area contributed by atoms with Crippen molar-refractivity contribution < 1.29 is 5.11 Å². The lowest BCUT2D eigenvalue weighted by molar-refractivity contribution is 0.218. The number of halogens is 1. The summed E-state index contributed by atoms with van der Waals surface area (Å²) >= 11 is 7.56. The lowest BCUT2D eigenvalue weighted by atomic mass is 9.98. The fourth-order valence-electron chi connectivity index (χ4n) is 1.71. The van der Waals surface area contributed by atoms with E-state index in [0.29, 0.717) is 6.04 Å². The summed E-state index contributed by atoms with van der Waals surface area (Å²) in [7, 11) is 0. The van der Waals surface area contributed by atoms with Gasteiger partial charge in [-0.2, -0.15) is 0 Å². The van der Waals surface area contributed by atoms with Gasteiger partial charge in [-0.15, -0.1) is 11.3 Å². The highest BCUT2D eigenvalue weighted by atomic mass is 35.5. The van der Waals surface area contributed by atoms with Crippen molar-refractivity contribution in [1.82, 2.24) is 5.32 Å². The van der Waals surface area contributed by atoms with E-state index in [-0.39, 0.29) is 12.1 Å². The summed E-state index contributed by atoms with van der Waals surface area (Å²) in [4.78, 5) is 1.26. The topological polar surface area (TPSA) is 32.3 Å². The van der Waals surface area contributed by atoms with E-state index >= 15 is 0 Å². The van der Waals surface area contributed by atoms with Crippen molar-refractivity contribution in [1.29, 1.82) is 0 Å². The summed E-state index contributed by atoms with van der Waals surface area (Å²) in [6.07, 6.45) is 1.77. The van der Waals surface area contributed by atoms with E-state index in [4.69, 9.17) is 16.7 Å². The molecular formula is C12H20ClNOS. The summed E-state index contributed by atoms with van der Waals surface area (Å²) < 4.78 is 0.829. The Hall–Kier alpha value is -0.0900. The smallest absolute Gasteiger partial charge is 0.0931 e. The Bertz CT molecular complexity index is 325. The second-order valence-corrected chi connectivity index (χ2v) is 6.35. The minimum atomic E-state index is -0.0497. The van der Waals surface area contributed by atoms with Gasteiger partial charge in [-0.3, -0.25) is 0 Å². The largest absolute Gasteiger partial charge is 0.396 e. The Morgan fingerprint density at radius 3 is 2.62 bits per heavy atom. The Morgan fingerprint density at radius 2 is 2.19 bits per heavy atom. The van der Waals surface area contributed by atoms with Gasteiger partial charge in [-0.1, -0.05) is 18.5 Å². The average Bonchev–Trinajstić information content (AvgIpc) is 2.61. The van der Waals surface area contributed by atoms with Gasteiger partial charge in [0, 0.05) is 23.1 Å². The van der Waals surface area contributed by atoms with Gasteiger partial charge in [0.15, 0.2) is 0 Å². The van der Waals surface area contributed by atoms with E-state index in [2.05, 4.69) is 32.2 Å². The highest BCUT2D eigenvalue weighted by Crippen LogP contribution is 2.30. The molecule has 1 aromatic rings. The molecule has 0 aliphatic carbocycles. The van der Waals surface area contributed by atoms with Crippen LogP contribution in [0.4, 0.5) is 0 Å². The fourth-order valence-corrected chi connectivity index (χ4v) is 2.91. The van der Waals surface area contributed by atoms with Crippen LogP contribution in [0.3, 0.4) is 0 Å². The van der Waals surface area contributed by atoms with Gasteiger partial charge in [-0.25, -0.2) is 0 Å². The first kappa shape index (κ1) is 14.0. The van der Waals surface area contributed by atoms with Crippen molar-refractivity contribution in [3.63, 3.8) is 0 Å². The van der Waals surface area contributed by atoms with E-state index in [1.54, 1.807) is 11.3 Å². The minimum absolute atomic E-state index is 0.0497. The quantitative estimate of drug-likeness (QED) is 0.820. The number of hydrogen-bond donors (Lipinski definition) is 2. The molecule has 1 unspecified atom stereocenters. The molecule has 1 atom stereocenters. The number of thiophene rings is 1. The Morgan fingerprint density at radius 1 is 1.50 bits per heavy atom. The maximum atomic E-state index is 9.00. The highest BCUT2D eigenvalue weighted by Gasteiger charge is 2.22. The summed E-state index contributed by atoms with van der Waals surface area (Å²) in [5.74, 6) is 0. The summed E-state index contributed by atoms with van der Waals surface area (Å²) in [5.41, 5.74) is -0.0497. The van der Waals surface area contributed by atoms with Gasteiger partial charge in [0.25, 0.3) is 0 Å². The van der Waals surface area contributed by atoms with E-state index in [1.165, 1.54) is 4.88 Å². The number of nitrogens with one attached hydrogen (secondary N) is 1. The van der Waals surface area contributed by atoms with Crippen molar-refractivity contribution in [2.45, 2.75) is 45.2 Å². The molecule has 0 radical (unpaired) electrons. The molecule has 1 heterocycles. The van der Waals surface area contributed by atoms with E-state index < -0.39 is 0 Å². The predicted molar refractivity (Wildman–Crippen MR) is 71.3 cm³/mol. The Balaban J connectivity index is 2.69. The molecule has 0 fully saturated rings. The van der Waals surface area contributed by atoms with E-state index in [1.807, 2.05) is 6.07 Å². The van der Waals surface area contributed by atoms with E-state index in [9.17, 15) is 0 Å². The van der Waals surface area contributed by atoms with Crippen LogP contribution in [0.25, 0.3) is 0 Å². The average molecular weight is 262 g/mol. The van der Waals surface area contributed by atoms with Crippen LogP contribution in [-0.2, 0) is 0 Å². The fraction of sp³-hybridized carbons (Fsp3) is 0.667. The molecule has 0 aliphatic rings. The van der Waals surface area contributed by atoms with Crippen LogP contribution in [0, 0.1) is 0 Å². The SMILES string of the molecule is CCC(NC(C)(C)CCO)c1ccc(Cl)s1. The van der Waals surface area contributed by atoms with Crippen LogP contribution in [0.5, 0.6) is 0 Å². The number of aliphatic hydroxyl groups excluding tert-OH is 1. The predicted octanol–water partition coefficient (Wildman–Crippen LogP) is 3.60. The maximum Gasteiger partial charge on any atom is 0.0931 e. The standard InChI is InChI=1S/C12H20ClNOS/c1-4-9(10-5-6-11(13)16-10)14-12(2,3)7-8-15/h5-6,9,14-15H,4,7-8H2,1-3H3. The number of aliphatic hydroxyl groups is 1. The monoisotopic (exact) mass is 261 g/mol. The van der Waals surface area contributed by atoms with Crippen molar-refractivity contribution in [3.8, 4) is 0 Å². The molecule has 0 saturated carbocycles. The van der Waals surface area contributed by atoms with Crippen LogP contribution < -0.4 is 5.32 Å². The molecule has 0 spiro atoms. The van der Waals surface area contributed by atoms with Gasteiger partial charge in [0.05, 0.1) is 4.34 Å². The first-order valence-corrected chi connectivity index (χ1v) is 6.81. The Kier molecular flexibility index (Phi) is 5.25. The first-order valence-electron chi connectivity index (χ1n) is 5.62. The van der Waals surface area contributed by atoms with Crippen molar-refractivity contribution in [2.24, 2.45) is 0 Å². The highest BCUT2D eigenvalue weighted by molar-refractivity contribution is 7.16. The van der Waals surface area contributed by atoms with Crippen LogP contribution in [0.1, 0.15) is 44.5 Å². The van der Waals surface area contributed by atoms with Crippen LogP contribution in [-0.4, -0.2) is 17.3 Å². The van der Waals surface area contributed by atoms with Gasteiger partial charge >= 0.3 is 0 Å². The van der Waals surface area contributed by atoms with Crippen LogP contribution in [0.2, 0.25) is 4.34 Å². The molecule has 0 aromatic carbocycles. The third-order valence-electron chi connectivity index (χ3n) is 2.65. The maximum absolute atomic E-state index is 9.00. The number of hydrogen-bond acceptors (Lipinski definition) is 3. The molecule has 1 rings (SSSR count). The molecular weight excluding hydrogens is 242 g/mol. The molecule has 0 saturated heterocycles. The Labute approximate surface area is 107 Å². The summed E-state index contributed by atoms with van der Waals surface area (Å²) in [6.45, 7) is 6.59. The zero-order chi connectivity index (χ0) is 12.2. The lowest BCUT2D eigenvalue weighted by Gasteiger charge is -2.30.